The summed E-state index contributed by atoms with van der Waals surface area (Å²) in [4.78, 5) is 45.4. The zero-order valence-electron chi connectivity index (χ0n) is 15.5. The summed E-state index contributed by atoms with van der Waals surface area (Å²) in [5, 5.41) is -1.61. The molecule has 0 aromatic rings. The Labute approximate surface area is 174 Å². The predicted molar refractivity (Wildman–Crippen MR) is 86.2 cm³/mol. The second-order valence-corrected chi connectivity index (χ2v) is 6.82. The summed E-state index contributed by atoms with van der Waals surface area (Å²) in [5.41, 5.74) is 0. The molecule has 1 fully saturated rings. The molecule has 9 nitrogen and oxygen atoms in total. The first kappa shape index (κ1) is 26.0. The van der Waals surface area contributed by atoms with E-state index in [4.69, 9.17) is 18.9 Å². The molecule has 0 aliphatic carbocycles. The number of hydrogen-bond donors (Lipinski definition) is 0. The Bertz CT molecular complexity index is 684. The van der Waals surface area contributed by atoms with Crippen LogP contribution in [0.1, 0.15) is 20.8 Å². The van der Waals surface area contributed by atoms with Crippen LogP contribution < -0.4 is 0 Å². The Balaban J connectivity index is 3.26. The van der Waals surface area contributed by atoms with E-state index in [2.05, 4.69) is 20.7 Å². The van der Waals surface area contributed by atoms with Crippen molar-refractivity contribution in [2.75, 3.05) is 6.61 Å². The van der Waals surface area contributed by atoms with Crippen molar-refractivity contribution in [3.63, 3.8) is 0 Å². The Morgan fingerprint density at radius 2 is 1.33 bits per heavy atom. The number of ether oxygens (including phenoxy) is 5. The van der Waals surface area contributed by atoms with Crippen LogP contribution in [0.5, 0.6) is 0 Å². The summed E-state index contributed by atoms with van der Waals surface area (Å²) < 4.78 is 87.8. The maximum atomic E-state index is 13.3. The van der Waals surface area contributed by atoms with E-state index in [1.807, 2.05) is 0 Å². The minimum absolute atomic E-state index is 0.577. The molecule has 1 rings (SSSR count). The standard InChI is InChI=1S/C15H16BrF5O9/c1-5(22)26-4-8-9(27-6(2)23)10(28-7(3)24)11(12(16)29-8)30-13(25)14(17,18)15(19,20)21/h8-12H,4H2,1-3H3/t8-,9-,10+,11+,12+/m1/s1. The molecule has 1 aliphatic heterocycles. The van der Waals surface area contributed by atoms with Crippen LogP contribution in [-0.4, -0.2) is 72.0 Å². The average Bonchev–Trinajstić information content (AvgIpc) is 2.56. The van der Waals surface area contributed by atoms with Crippen molar-refractivity contribution in [1.29, 1.82) is 0 Å². The number of alkyl halides is 6. The molecule has 0 saturated carbocycles. The zero-order valence-corrected chi connectivity index (χ0v) is 17.1. The number of hydrogen-bond acceptors (Lipinski definition) is 9. The topological polar surface area (TPSA) is 114 Å². The molecule has 0 N–H and O–H groups in total. The van der Waals surface area contributed by atoms with Gasteiger partial charge in [-0.05, 0) is 0 Å². The Hall–Kier alpha value is -2.03. The van der Waals surface area contributed by atoms with Gasteiger partial charge in [0.25, 0.3) is 0 Å². The van der Waals surface area contributed by atoms with Gasteiger partial charge in [0.05, 0.1) is 0 Å². The van der Waals surface area contributed by atoms with Gasteiger partial charge in [0, 0.05) is 20.8 Å². The molecule has 0 bridgehead atoms. The van der Waals surface area contributed by atoms with Crippen LogP contribution in [0.4, 0.5) is 22.0 Å². The fraction of sp³-hybridized carbons (Fsp3) is 0.733. The summed E-state index contributed by atoms with van der Waals surface area (Å²) in [5.74, 6) is -11.7. The first-order valence-electron chi connectivity index (χ1n) is 8.00. The van der Waals surface area contributed by atoms with Crippen LogP contribution in [0, 0.1) is 0 Å². The van der Waals surface area contributed by atoms with Gasteiger partial charge in [-0.1, -0.05) is 15.9 Å². The maximum absolute atomic E-state index is 13.3. The van der Waals surface area contributed by atoms with Crippen molar-refractivity contribution in [2.45, 2.75) is 62.3 Å². The van der Waals surface area contributed by atoms with Crippen molar-refractivity contribution >= 4 is 39.8 Å². The van der Waals surface area contributed by atoms with Gasteiger partial charge in [-0.15, -0.1) is 0 Å². The second kappa shape index (κ2) is 9.85. The van der Waals surface area contributed by atoms with Crippen molar-refractivity contribution in [1.82, 2.24) is 0 Å². The number of halogens is 6. The Morgan fingerprint density at radius 1 is 0.833 bits per heavy atom. The molecule has 0 aromatic heterocycles. The van der Waals surface area contributed by atoms with E-state index in [9.17, 15) is 41.1 Å². The average molecular weight is 515 g/mol. The van der Waals surface area contributed by atoms with Gasteiger partial charge < -0.3 is 23.7 Å². The minimum atomic E-state index is -6.26. The van der Waals surface area contributed by atoms with Crippen LogP contribution in [0.15, 0.2) is 0 Å². The summed E-state index contributed by atoms with van der Waals surface area (Å²) in [7, 11) is 0. The van der Waals surface area contributed by atoms with E-state index in [0.717, 1.165) is 20.8 Å². The van der Waals surface area contributed by atoms with Crippen LogP contribution in [0.3, 0.4) is 0 Å². The third kappa shape index (κ3) is 6.48. The normalized spacial score (nSPS) is 27.0. The molecule has 1 aliphatic rings. The number of rotatable bonds is 6. The van der Waals surface area contributed by atoms with Gasteiger partial charge in [-0.2, -0.15) is 22.0 Å². The van der Waals surface area contributed by atoms with Gasteiger partial charge >= 0.3 is 36.0 Å². The van der Waals surface area contributed by atoms with Crippen LogP contribution >= 0.6 is 15.9 Å². The minimum Gasteiger partial charge on any atom is -0.463 e. The highest BCUT2D eigenvalue weighted by Crippen LogP contribution is 2.38. The molecule has 0 radical (unpaired) electrons. The first-order valence-corrected chi connectivity index (χ1v) is 8.92. The van der Waals surface area contributed by atoms with Crippen LogP contribution in [0.25, 0.3) is 0 Å². The largest absolute Gasteiger partial charge is 0.465 e. The van der Waals surface area contributed by atoms with Crippen molar-refractivity contribution in [3.05, 3.63) is 0 Å². The molecule has 15 heteroatoms. The van der Waals surface area contributed by atoms with E-state index in [0.29, 0.717) is 0 Å². The van der Waals surface area contributed by atoms with Crippen molar-refractivity contribution in [2.24, 2.45) is 0 Å². The molecule has 0 amide bonds. The highest BCUT2D eigenvalue weighted by atomic mass is 79.9. The molecule has 0 spiro atoms. The highest BCUT2D eigenvalue weighted by Gasteiger charge is 2.66. The predicted octanol–water partition coefficient (Wildman–Crippen LogP) is 1.64. The summed E-state index contributed by atoms with van der Waals surface area (Å²) in [6, 6.07) is 0. The highest BCUT2D eigenvalue weighted by molar-refractivity contribution is 9.09. The quantitative estimate of drug-likeness (QED) is 0.226. The van der Waals surface area contributed by atoms with E-state index in [-0.39, 0.29) is 0 Å². The van der Waals surface area contributed by atoms with E-state index < -0.39 is 72.0 Å². The first-order chi connectivity index (χ1) is 13.6. The van der Waals surface area contributed by atoms with Crippen LogP contribution in [-0.2, 0) is 42.9 Å². The Kier molecular flexibility index (Phi) is 8.54. The van der Waals surface area contributed by atoms with E-state index in [1.165, 1.54) is 0 Å². The van der Waals surface area contributed by atoms with Gasteiger partial charge in [-0.25, -0.2) is 4.79 Å². The smallest absolute Gasteiger partial charge is 0.463 e. The number of esters is 4. The monoisotopic (exact) mass is 514 g/mol. The fourth-order valence-corrected chi connectivity index (χ4v) is 2.98. The lowest BCUT2D eigenvalue weighted by atomic mass is 9.99. The third-order valence-corrected chi connectivity index (χ3v) is 4.22. The second-order valence-electron chi connectivity index (χ2n) is 5.92. The van der Waals surface area contributed by atoms with Crippen molar-refractivity contribution in [3.8, 4) is 0 Å². The van der Waals surface area contributed by atoms with Gasteiger partial charge in [0.1, 0.15) is 12.7 Å². The Morgan fingerprint density at radius 3 is 1.77 bits per heavy atom. The zero-order chi connectivity index (χ0) is 23.4. The molecule has 172 valence electrons. The molecule has 1 saturated heterocycles. The number of carbonyl (C=O) groups excluding carboxylic acids is 4. The van der Waals surface area contributed by atoms with E-state index in [1.54, 1.807) is 0 Å². The molecular weight excluding hydrogens is 499 g/mol. The lowest BCUT2D eigenvalue weighted by Gasteiger charge is -2.43. The molecular formula is C15H16BrF5O9. The summed E-state index contributed by atoms with van der Waals surface area (Å²) in [6.07, 6.45) is -13.3. The van der Waals surface area contributed by atoms with Gasteiger partial charge in [-0.3, -0.25) is 14.4 Å². The van der Waals surface area contributed by atoms with Gasteiger partial charge in [0.2, 0.25) is 0 Å². The molecule has 0 aromatic carbocycles. The van der Waals surface area contributed by atoms with Crippen molar-refractivity contribution < 1.29 is 64.8 Å². The maximum Gasteiger partial charge on any atom is 0.465 e. The fourth-order valence-electron chi connectivity index (χ4n) is 2.30. The summed E-state index contributed by atoms with van der Waals surface area (Å²) >= 11 is 2.77. The summed E-state index contributed by atoms with van der Waals surface area (Å²) in [6.45, 7) is 2.22. The van der Waals surface area contributed by atoms with E-state index >= 15 is 0 Å². The molecule has 30 heavy (non-hydrogen) atoms. The lowest BCUT2D eigenvalue weighted by molar-refractivity contribution is -0.290. The van der Waals surface area contributed by atoms with Crippen LogP contribution in [0.2, 0.25) is 0 Å². The molecule has 5 atom stereocenters. The SMILES string of the molecule is CC(=O)OC[C@H]1O[C@H](Br)[C@@H](OC(=O)C(F)(F)C(F)(F)F)[C@@H](OC(C)=O)[C@@H]1OC(C)=O. The number of carbonyl (C=O) groups is 4. The molecule has 1 heterocycles. The molecule has 0 unspecified atom stereocenters. The lowest BCUT2D eigenvalue weighted by Crippen LogP contribution is -2.62. The third-order valence-electron chi connectivity index (χ3n) is 3.49. The van der Waals surface area contributed by atoms with Gasteiger partial charge in [0.15, 0.2) is 23.3 Å².